The second kappa shape index (κ2) is 11.8. The first kappa shape index (κ1) is 31.8. The molecular formula is C54H41N3. The van der Waals surface area contributed by atoms with Gasteiger partial charge in [-0.2, -0.15) is 0 Å². The number of nitrogens with zero attached hydrogens (tertiary/aromatic N) is 3. The largest absolute Gasteiger partial charge is 0.294 e. The van der Waals surface area contributed by atoms with Crippen LogP contribution in [0.1, 0.15) is 43.2 Å². The molecular weight excluding hydrogens is 691 g/mol. The van der Waals surface area contributed by atoms with Gasteiger partial charge in [-0.05, 0) is 130 Å². The van der Waals surface area contributed by atoms with Gasteiger partial charge in [0.25, 0.3) is 0 Å². The minimum atomic E-state index is 0.192. The second-order valence-corrected chi connectivity index (χ2v) is 17.4. The Labute approximate surface area is 332 Å². The van der Waals surface area contributed by atoms with Gasteiger partial charge in [-0.3, -0.25) is 4.57 Å². The molecule has 0 saturated heterocycles. The van der Waals surface area contributed by atoms with Gasteiger partial charge in [0.15, 0.2) is 5.82 Å². The van der Waals surface area contributed by atoms with E-state index in [2.05, 4.69) is 162 Å². The van der Waals surface area contributed by atoms with Gasteiger partial charge >= 0.3 is 0 Å². The third-order valence-corrected chi connectivity index (χ3v) is 14.6. The molecule has 9 aromatic rings. The zero-order valence-corrected chi connectivity index (χ0v) is 31.8. The van der Waals surface area contributed by atoms with E-state index < -0.39 is 0 Å². The molecule has 0 radical (unpaired) electrons. The first-order valence-electron chi connectivity index (χ1n) is 20.9. The molecule has 5 aliphatic carbocycles. The second-order valence-electron chi connectivity index (χ2n) is 17.4. The van der Waals surface area contributed by atoms with E-state index in [0.717, 1.165) is 57.3 Å². The van der Waals surface area contributed by atoms with Gasteiger partial charge in [0.2, 0.25) is 0 Å². The first-order valence-corrected chi connectivity index (χ1v) is 20.9. The van der Waals surface area contributed by atoms with Gasteiger partial charge in [0, 0.05) is 33.4 Å². The van der Waals surface area contributed by atoms with E-state index in [9.17, 15) is 0 Å². The molecule has 2 heterocycles. The quantitative estimate of drug-likeness (QED) is 0.180. The Morgan fingerprint density at radius 2 is 1.11 bits per heavy atom. The standard InChI is InChI=1S/C54H41N3/c1-2-11-36(12-3-1)53-55-49(40-19-18-35-10-4-5-13-37(35)29-40)32-52(56-53)57-50-17-9-7-15-44(50)46-31-39(21-23-51(46)57)38-20-22-48-45(30-38)43-14-6-8-16-47(43)54(48)41-25-33-24-34(27-41)28-42(54)26-33/h1-23,29-34,41-42H,24-28H2. The van der Waals surface area contributed by atoms with Crippen molar-refractivity contribution in [2.45, 2.75) is 37.5 Å². The average molecular weight is 732 g/mol. The molecule has 3 nitrogen and oxygen atoms in total. The van der Waals surface area contributed by atoms with E-state index in [1.807, 2.05) is 6.07 Å². The molecule has 0 atom stereocenters. The Morgan fingerprint density at radius 1 is 0.439 bits per heavy atom. The van der Waals surface area contributed by atoms with Crippen molar-refractivity contribution in [3.8, 4) is 50.7 Å². The Bertz CT molecular complexity index is 3070. The number of fused-ring (bicyclic) bond motifs is 7. The molecule has 3 heteroatoms. The Balaban J connectivity index is 0.974. The van der Waals surface area contributed by atoms with Gasteiger partial charge in [0.05, 0.1) is 16.7 Å². The predicted octanol–water partition coefficient (Wildman–Crippen LogP) is 13.5. The lowest BCUT2D eigenvalue weighted by Gasteiger charge is -2.61. The Kier molecular flexibility index (Phi) is 6.62. The van der Waals surface area contributed by atoms with Crippen LogP contribution in [0.3, 0.4) is 0 Å². The van der Waals surface area contributed by atoms with Crippen LogP contribution in [0.5, 0.6) is 0 Å². The van der Waals surface area contributed by atoms with Crippen LogP contribution in [0.4, 0.5) is 0 Å². The van der Waals surface area contributed by atoms with Crippen LogP contribution in [0.2, 0.25) is 0 Å². The molecule has 4 saturated carbocycles. The molecule has 7 aromatic carbocycles. The van der Waals surface area contributed by atoms with Crippen molar-refractivity contribution < 1.29 is 0 Å². The lowest BCUT2D eigenvalue weighted by Crippen LogP contribution is -2.55. The zero-order chi connectivity index (χ0) is 37.2. The maximum atomic E-state index is 5.30. The fraction of sp³-hybridized carbons (Fsp3) is 0.185. The van der Waals surface area contributed by atoms with Crippen molar-refractivity contribution in [3.05, 3.63) is 175 Å². The summed E-state index contributed by atoms with van der Waals surface area (Å²) in [6.45, 7) is 0. The van der Waals surface area contributed by atoms with Crippen LogP contribution >= 0.6 is 0 Å². The number of benzene rings is 7. The van der Waals surface area contributed by atoms with E-state index >= 15 is 0 Å². The van der Waals surface area contributed by atoms with Crippen LogP contribution < -0.4 is 0 Å². The van der Waals surface area contributed by atoms with Crippen molar-refractivity contribution >= 4 is 32.6 Å². The lowest BCUT2D eigenvalue weighted by molar-refractivity contribution is -0.0399. The van der Waals surface area contributed by atoms with Gasteiger partial charge in [-0.15, -0.1) is 0 Å². The fourth-order valence-corrected chi connectivity index (χ4v) is 12.5. The topological polar surface area (TPSA) is 30.7 Å². The summed E-state index contributed by atoms with van der Waals surface area (Å²) in [4.78, 5) is 10.5. The zero-order valence-electron chi connectivity index (χ0n) is 31.8. The van der Waals surface area contributed by atoms with E-state index in [1.54, 1.807) is 11.1 Å². The summed E-state index contributed by atoms with van der Waals surface area (Å²) >= 11 is 0. The smallest absolute Gasteiger partial charge is 0.162 e. The molecule has 4 bridgehead atoms. The minimum Gasteiger partial charge on any atom is -0.294 e. The summed E-state index contributed by atoms with van der Waals surface area (Å²) in [6, 6.07) is 60.4. The van der Waals surface area contributed by atoms with Gasteiger partial charge in [0.1, 0.15) is 5.82 Å². The molecule has 2 aromatic heterocycles. The van der Waals surface area contributed by atoms with Gasteiger partial charge in [-0.25, -0.2) is 9.97 Å². The third kappa shape index (κ3) is 4.54. The van der Waals surface area contributed by atoms with E-state index in [0.29, 0.717) is 5.82 Å². The maximum Gasteiger partial charge on any atom is 0.162 e. The fourth-order valence-electron chi connectivity index (χ4n) is 12.5. The number of hydrogen-bond acceptors (Lipinski definition) is 2. The van der Waals surface area contributed by atoms with Crippen LogP contribution in [0.25, 0.3) is 83.3 Å². The molecule has 14 rings (SSSR count). The molecule has 0 aliphatic heterocycles. The summed E-state index contributed by atoms with van der Waals surface area (Å²) in [5.74, 6) is 5.01. The molecule has 57 heavy (non-hydrogen) atoms. The van der Waals surface area contributed by atoms with Crippen LogP contribution in [-0.4, -0.2) is 14.5 Å². The molecule has 1 spiro atoms. The van der Waals surface area contributed by atoms with Crippen molar-refractivity contribution in [2.24, 2.45) is 23.7 Å². The van der Waals surface area contributed by atoms with Crippen molar-refractivity contribution in [1.82, 2.24) is 14.5 Å². The highest BCUT2D eigenvalue weighted by Gasteiger charge is 2.61. The highest BCUT2D eigenvalue weighted by atomic mass is 15.1. The highest BCUT2D eigenvalue weighted by Crippen LogP contribution is 2.69. The molecule has 0 N–H and O–H groups in total. The Hall–Kier alpha value is -6.32. The van der Waals surface area contributed by atoms with Crippen LogP contribution in [0.15, 0.2) is 164 Å². The number of hydrogen-bond donors (Lipinski definition) is 0. The normalized spacial score (nSPS) is 22.8. The summed E-state index contributed by atoms with van der Waals surface area (Å²) in [5.41, 5.74) is 14.2. The van der Waals surface area contributed by atoms with Crippen molar-refractivity contribution in [1.29, 1.82) is 0 Å². The van der Waals surface area contributed by atoms with Gasteiger partial charge in [-0.1, -0.05) is 127 Å². The average Bonchev–Trinajstić information content (AvgIpc) is 3.75. The lowest BCUT2D eigenvalue weighted by atomic mass is 9.43. The van der Waals surface area contributed by atoms with E-state index in [1.165, 1.54) is 75.9 Å². The van der Waals surface area contributed by atoms with Crippen LogP contribution in [-0.2, 0) is 5.41 Å². The predicted molar refractivity (Wildman–Crippen MR) is 233 cm³/mol. The van der Waals surface area contributed by atoms with Crippen LogP contribution in [0, 0.1) is 23.7 Å². The summed E-state index contributed by atoms with van der Waals surface area (Å²) < 4.78 is 2.34. The van der Waals surface area contributed by atoms with Crippen molar-refractivity contribution in [3.63, 3.8) is 0 Å². The SMILES string of the molecule is c1ccc(-c2nc(-c3ccc4ccccc4c3)cc(-n3c4ccccc4c4cc(-c5ccc6c(c5)-c5ccccc5C65C6CC7CC(C6)CC5C7)ccc43)n2)cc1. The molecule has 5 aliphatic rings. The van der Waals surface area contributed by atoms with E-state index in [-0.39, 0.29) is 5.41 Å². The summed E-state index contributed by atoms with van der Waals surface area (Å²) in [7, 11) is 0. The van der Waals surface area contributed by atoms with Crippen molar-refractivity contribution in [2.75, 3.05) is 0 Å². The number of para-hydroxylation sites is 1. The number of rotatable bonds is 4. The third-order valence-electron chi connectivity index (χ3n) is 14.6. The summed E-state index contributed by atoms with van der Waals surface area (Å²) in [6.07, 6.45) is 7.11. The molecule has 272 valence electrons. The summed E-state index contributed by atoms with van der Waals surface area (Å²) in [5, 5.41) is 4.87. The highest BCUT2D eigenvalue weighted by molar-refractivity contribution is 6.10. The molecule has 4 fully saturated rings. The maximum absolute atomic E-state index is 5.30. The molecule has 0 unspecified atom stereocenters. The monoisotopic (exact) mass is 731 g/mol. The first-order chi connectivity index (χ1) is 28.2. The number of aromatic nitrogens is 3. The van der Waals surface area contributed by atoms with E-state index in [4.69, 9.17) is 9.97 Å². The minimum absolute atomic E-state index is 0.192. The van der Waals surface area contributed by atoms with Gasteiger partial charge < -0.3 is 0 Å². The Morgan fingerprint density at radius 3 is 1.96 bits per heavy atom. The molecule has 0 amide bonds.